The Hall–Kier alpha value is -1.59. The fourth-order valence-electron chi connectivity index (χ4n) is 10.9. The van der Waals surface area contributed by atoms with E-state index in [1.807, 2.05) is 0 Å². The van der Waals surface area contributed by atoms with Gasteiger partial charge >= 0.3 is 17.9 Å². The van der Waals surface area contributed by atoms with Gasteiger partial charge in [-0.25, -0.2) is 0 Å². The molecule has 452 valence electrons. The van der Waals surface area contributed by atoms with Crippen LogP contribution in [0.4, 0.5) is 0 Å². The predicted octanol–water partition coefficient (Wildman–Crippen LogP) is 23.6. The summed E-state index contributed by atoms with van der Waals surface area (Å²) in [4.78, 5) is 38.4. The Labute approximate surface area is 476 Å². The first-order chi connectivity index (χ1) is 37.3. The molecule has 0 rings (SSSR count). The zero-order valence-corrected chi connectivity index (χ0v) is 52.4. The Morgan fingerprint density at radius 2 is 0.461 bits per heavy atom. The molecule has 2 unspecified atom stereocenters. The van der Waals surface area contributed by atoms with E-state index in [0.29, 0.717) is 19.3 Å². The minimum atomic E-state index is -0.765. The highest BCUT2D eigenvalue weighted by Crippen LogP contribution is 2.20. The average molecular weight is 1070 g/mol. The number of esters is 3. The summed E-state index contributed by atoms with van der Waals surface area (Å²) < 4.78 is 17.0. The molecular weight excluding hydrogens is 937 g/mol. The molecule has 0 bridgehead atoms. The van der Waals surface area contributed by atoms with Gasteiger partial charge in [-0.05, 0) is 31.1 Å². The summed E-state index contributed by atoms with van der Waals surface area (Å²) in [5, 5.41) is 0. The average Bonchev–Trinajstić information content (AvgIpc) is 3.42. The van der Waals surface area contributed by atoms with E-state index in [4.69, 9.17) is 14.2 Å². The van der Waals surface area contributed by atoms with Crippen LogP contribution in [0.25, 0.3) is 0 Å². The summed E-state index contributed by atoms with van der Waals surface area (Å²) in [5.41, 5.74) is 0. The van der Waals surface area contributed by atoms with E-state index in [0.717, 1.165) is 69.6 Å². The molecule has 0 radical (unpaired) electrons. The van der Waals surface area contributed by atoms with E-state index < -0.39 is 6.10 Å². The third kappa shape index (κ3) is 60.1. The van der Waals surface area contributed by atoms with Gasteiger partial charge in [0, 0.05) is 19.3 Å². The van der Waals surface area contributed by atoms with Gasteiger partial charge in [-0.3, -0.25) is 14.4 Å². The molecule has 0 saturated heterocycles. The van der Waals surface area contributed by atoms with E-state index in [2.05, 4.69) is 34.6 Å². The van der Waals surface area contributed by atoms with E-state index >= 15 is 0 Å². The second-order valence-corrected chi connectivity index (χ2v) is 24.7. The molecule has 0 aromatic heterocycles. The van der Waals surface area contributed by atoms with Crippen LogP contribution in [-0.2, 0) is 28.6 Å². The van der Waals surface area contributed by atoms with Crippen LogP contribution in [0.5, 0.6) is 0 Å². The van der Waals surface area contributed by atoms with Crippen LogP contribution in [0.15, 0.2) is 0 Å². The number of hydrogen-bond donors (Lipinski definition) is 0. The summed E-state index contributed by atoms with van der Waals surface area (Å²) in [7, 11) is 0. The van der Waals surface area contributed by atoms with Crippen LogP contribution < -0.4 is 0 Å². The standard InChI is InChI=1S/C70H136O6/c1-6-9-10-11-12-13-14-15-16-17-21-24-30-35-40-45-50-55-60-68(71)74-63-67(64-75-69(72)61-56-51-46-41-36-31-27-26-29-34-39-44-49-54-59-66(5)8-3)76-70(73)62-57-52-47-42-37-32-25-22-19-18-20-23-28-33-38-43-48-53-58-65(4)7-2/h65-67H,6-64H2,1-5H3/t65?,66?,67-/m1/s1. The zero-order chi connectivity index (χ0) is 55.3. The Kier molecular flexibility index (Phi) is 61.3. The summed E-state index contributed by atoms with van der Waals surface area (Å²) in [6, 6.07) is 0. The molecule has 0 N–H and O–H groups in total. The largest absolute Gasteiger partial charge is 0.462 e. The third-order valence-electron chi connectivity index (χ3n) is 16.9. The van der Waals surface area contributed by atoms with Crippen molar-refractivity contribution >= 4 is 17.9 Å². The van der Waals surface area contributed by atoms with Crippen molar-refractivity contribution in [1.29, 1.82) is 0 Å². The van der Waals surface area contributed by atoms with Crippen LogP contribution in [0.2, 0.25) is 0 Å². The predicted molar refractivity (Wildman–Crippen MR) is 330 cm³/mol. The lowest BCUT2D eigenvalue weighted by Crippen LogP contribution is -2.30. The van der Waals surface area contributed by atoms with Crippen molar-refractivity contribution in [3.05, 3.63) is 0 Å². The highest BCUT2D eigenvalue weighted by atomic mass is 16.6. The van der Waals surface area contributed by atoms with E-state index in [-0.39, 0.29) is 31.1 Å². The topological polar surface area (TPSA) is 78.9 Å². The van der Waals surface area contributed by atoms with Gasteiger partial charge in [-0.2, -0.15) is 0 Å². The second kappa shape index (κ2) is 62.6. The van der Waals surface area contributed by atoms with Crippen molar-refractivity contribution in [1.82, 2.24) is 0 Å². The number of ether oxygens (including phenoxy) is 3. The van der Waals surface area contributed by atoms with Crippen molar-refractivity contribution in [2.45, 2.75) is 407 Å². The van der Waals surface area contributed by atoms with E-state index in [1.165, 1.54) is 289 Å². The summed E-state index contributed by atoms with van der Waals surface area (Å²) >= 11 is 0. The van der Waals surface area contributed by atoms with Gasteiger partial charge in [-0.15, -0.1) is 0 Å². The highest BCUT2D eigenvalue weighted by molar-refractivity contribution is 5.71. The lowest BCUT2D eigenvalue weighted by Gasteiger charge is -2.18. The van der Waals surface area contributed by atoms with Gasteiger partial charge in [0.15, 0.2) is 6.10 Å². The smallest absolute Gasteiger partial charge is 0.306 e. The monoisotopic (exact) mass is 1070 g/mol. The number of carbonyl (C=O) groups excluding carboxylic acids is 3. The Bertz CT molecular complexity index is 1170. The van der Waals surface area contributed by atoms with Gasteiger partial charge in [-0.1, -0.05) is 362 Å². The molecule has 76 heavy (non-hydrogen) atoms. The molecule has 0 aromatic rings. The number of rotatable bonds is 64. The van der Waals surface area contributed by atoms with Gasteiger partial charge in [0.05, 0.1) is 0 Å². The van der Waals surface area contributed by atoms with Crippen LogP contribution in [-0.4, -0.2) is 37.2 Å². The van der Waals surface area contributed by atoms with E-state index in [1.54, 1.807) is 0 Å². The van der Waals surface area contributed by atoms with Gasteiger partial charge in [0.25, 0.3) is 0 Å². The molecule has 0 aliphatic heterocycles. The van der Waals surface area contributed by atoms with E-state index in [9.17, 15) is 14.4 Å². The molecule has 6 nitrogen and oxygen atoms in total. The minimum absolute atomic E-state index is 0.0613. The number of carbonyl (C=O) groups is 3. The van der Waals surface area contributed by atoms with Crippen LogP contribution >= 0.6 is 0 Å². The molecular formula is C70H136O6. The van der Waals surface area contributed by atoms with Gasteiger partial charge in [0.1, 0.15) is 13.2 Å². The van der Waals surface area contributed by atoms with Gasteiger partial charge in [0.2, 0.25) is 0 Å². The lowest BCUT2D eigenvalue weighted by atomic mass is 9.99. The second-order valence-electron chi connectivity index (χ2n) is 24.7. The fraction of sp³-hybridized carbons (Fsp3) is 0.957. The first kappa shape index (κ1) is 74.4. The maximum absolute atomic E-state index is 13.0. The van der Waals surface area contributed by atoms with Gasteiger partial charge < -0.3 is 14.2 Å². The van der Waals surface area contributed by atoms with Crippen molar-refractivity contribution in [3.63, 3.8) is 0 Å². The normalized spacial score (nSPS) is 12.8. The molecule has 6 heteroatoms. The quantitative estimate of drug-likeness (QED) is 0.0343. The lowest BCUT2D eigenvalue weighted by molar-refractivity contribution is -0.167. The molecule has 3 atom stereocenters. The summed E-state index contributed by atoms with van der Waals surface area (Å²) in [6.07, 6.45) is 71.0. The first-order valence-corrected chi connectivity index (χ1v) is 34.8. The first-order valence-electron chi connectivity index (χ1n) is 34.8. The van der Waals surface area contributed by atoms with Crippen LogP contribution in [0, 0.1) is 11.8 Å². The molecule has 0 heterocycles. The molecule has 0 fully saturated rings. The summed E-state index contributed by atoms with van der Waals surface area (Å²) in [5.74, 6) is 0.980. The van der Waals surface area contributed by atoms with Crippen molar-refractivity contribution in [2.24, 2.45) is 11.8 Å². The molecule has 0 amide bonds. The molecule has 0 saturated carbocycles. The maximum Gasteiger partial charge on any atom is 0.306 e. The molecule has 0 spiro atoms. The van der Waals surface area contributed by atoms with Crippen molar-refractivity contribution in [2.75, 3.05) is 13.2 Å². The Balaban J connectivity index is 4.28. The van der Waals surface area contributed by atoms with Crippen molar-refractivity contribution < 1.29 is 28.6 Å². The third-order valence-corrected chi connectivity index (χ3v) is 16.9. The zero-order valence-electron chi connectivity index (χ0n) is 52.4. The molecule has 0 aliphatic carbocycles. The highest BCUT2D eigenvalue weighted by Gasteiger charge is 2.20. The number of unbranched alkanes of at least 4 members (excludes halogenated alkanes) is 47. The Morgan fingerprint density at radius 1 is 0.263 bits per heavy atom. The molecule has 0 aliphatic rings. The van der Waals surface area contributed by atoms with Crippen LogP contribution in [0.1, 0.15) is 401 Å². The molecule has 0 aromatic carbocycles. The summed E-state index contributed by atoms with van der Waals surface area (Å²) in [6.45, 7) is 11.5. The number of hydrogen-bond acceptors (Lipinski definition) is 6. The Morgan fingerprint density at radius 3 is 0.684 bits per heavy atom. The van der Waals surface area contributed by atoms with Crippen LogP contribution in [0.3, 0.4) is 0 Å². The fourth-order valence-corrected chi connectivity index (χ4v) is 10.9. The SMILES string of the molecule is CCCCCCCCCCCCCCCCCCCCC(=O)OC[C@H](COC(=O)CCCCCCCCCCCCCCCCC(C)CC)OC(=O)CCCCCCCCCCCCCCCCCCCCC(C)CC. The maximum atomic E-state index is 13.0. The minimum Gasteiger partial charge on any atom is -0.462 e. The van der Waals surface area contributed by atoms with Crippen molar-refractivity contribution in [3.8, 4) is 0 Å².